The Morgan fingerprint density at radius 1 is 0.774 bits per heavy atom. The van der Waals surface area contributed by atoms with Gasteiger partial charge in [0.2, 0.25) is 5.76 Å². The summed E-state index contributed by atoms with van der Waals surface area (Å²) < 4.78 is 10.9. The van der Waals surface area contributed by atoms with Crippen molar-refractivity contribution < 1.29 is 23.5 Å². The molecule has 0 saturated heterocycles. The molecule has 0 aliphatic rings. The quantitative estimate of drug-likeness (QED) is 0.359. The standard InChI is InChI=1S/C24H18N2O5/c1-15(27)30-20-14-8-6-12-18(20)23(28)26-21-17-11-5-7-13-19(17)31-22(21)24(29)25-16-9-3-2-4-10-16/h2-14H,1H3,(H,25,29)(H,26,28). The molecule has 2 N–H and O–H groups in total. The highest BCUT2D eigenvalue weighted by molar-refractivity contribution is 6.17. The molecular formula is C24H18N2O5. The van der Waals surface area contributed by atoms with Crippen LogP contribution in [0.5, 0.6) is 5.75 Å². The van der Waals surface area contributed by atoms with Gasteiger partial charge in [-0.05, 0) is 36.4 Å². The number of carbonyl (C=O) groups is 3. The second-order valence-electron chi connectivity index (χ2n) is 6.67. The van der Waals surface area contributed by atoms with Crippen LogP contribution in [-0.4, -0.2) is 17.8 Å². The molecule has 3 aromatic carbocycles. The van der Waals surface area contributed by atoms with Crippen molar-refractivity contribution in [3.8, 4) is 5.75 Å². The third-order valence-corrected chi connectivity index (χ3v) is 4.46. The Kier molecular flexibility index (Phi) is 5.49. The SMILES string of the molecule is CC(=O)Oc1ccccc1C(=O)Nc1c(C(=O)Nc2ccccc2)oc2ccccc12. The molecule has 7 heteroatoms. The molecule has 0 atom stereocenters. The van der Waals surface area contributed by atoms with Crippen LogP contribution in [0.15, 0.2) is 83.3 Å². The molecule has 0 unspecified atom stereocenters. The van der Waals surface area contributed by atoms with E-state index in [2.05, 4.69) is 10.6 Å². The van der Waals surface area contributed by atoms with Gasteiger partial charge in [-0.3, -0.25) is 14.4 Å². The lowest BCUT2D eigenvalue weighted by Crippen LogP contribution is -2.18. The molecule has 0 saturated carbocycles. The summed E-state index contributed by atoms with van der Waals surface area (Å²) in [7, 11) is 0. The first-order valence-corrected chi connectivity index (χ1v) is 9.49. The lowest BCUT2D eigenvalue weighted by Gasteiger charge is -2.10. The van der Waals surface area contributed by atoms with Crippen LogP contribution in [0.25, 0.3) is 11.0 Å². The fourth-order valence-electron chi connectivity index (χ4n) is 3.12. The number of amides is 2. The van der Waals surface area contributed by atoms with Crippen molar-refractivity contribution in [2.75, 3.05) is 10.6 Å². The maximum absolute atomic E-state index is 13.0. The number of rotatable bonds is 5. The van der Waals surface area contributed by atoms with Crippen molar-refractivity contribution in [3.63, 3.8) is 0 Å². The van der Waals surface area contributed by atoms with Crippen molar-refractivity contribution in [1.82, 2.24) is 0 Å². The summed E-state index contributed by atoms with van der Waals surface area (Å²) in [5.41, 5.74) is 1.42. The van der Waals surface area contributed by atoms with Gasteiger partial charge in [0.25, 0.3) is 11.8 Å². The third kappa shape index (κ3) is 4.30. The van der Waals surface area contributed by atoms with Crippen LogP contribution in [0.4, 0.5) is 11.4 Å². The van der Waals surface area contributed by atoms with Crippen LogP contribution in [0.2, 0.25) is 0 Å². The van der Waals surface area contributed by atoms with Crippen molar-refractivity contribution in [1.29, 1.82) is 0 Å². The maximum Gasteiger partial charge on any atom is 0.308 e. The van der Waals surface area contributed by atoms with Crippen LogP contribution in [0.1, 0.15) is 27.8 Å². The van der Waals surface area contributed by atoms with E-state index in [1.54, 1.807) is 60.7 Å². The molecule has 1 heterocycles. The molecule has 0 aliphatic heterocycles. The Hall–Kier alpha value is -4.39. The molecule has 2 amide bonds. The van der Waals surface area contributed by atoms with Gasteiger partial charge in [-0.25, -0.2) is 0 Å². The molecular weight excluding hydrogens is 396 g/mol. The number of furan rings is 1. The molecule has 154 valence electrons. The molecule has 0 spiro atoms. The van der Waals surface area contributed by atoms with Crippen molar-refractivity contribution in [2.24, 2.45) is 0 Å². The Labute approximate surface area is 177 Å². The summed E-state index contributed by atoms with van der Waals surface area (Å²) in [6.45, 7) is 1.25. The second-order valence-corrected chi connectivity index (χ2v) is 6.67. The van der Waals surface area contributed by atoms with Gasteiger partial charge in [0, 0.05) is 18.0 Å². The monoisotopic (exact) mass is 414 g/mol. The summed E-state index contributed by atoms with van der Waals surface area (Å²) in [4.78, 5) is 37.3. The van der Waals surface area contributed by atoms with E-state index >= 15 is 0 Å². The summed E-state index contributed by atoms with van der Waals surface area (Å²) in [6, 6.07) is 22.3. The molecule has 4 rings (SSSR count). The van der Waals surface area contributed by atoms with E-state index in [9.17, 15) is 14.4 Å². The largest absolute Gasteiger partial charge is 0.449 e. The number of esters is 1. The minimum Gasteiger partial charge on any atom is -0.449 e. The Bertz CT molecular complexity index is 1280. The number of hydrogen-bond donors (Lipinski definition) is 2. The average molecular weight is 414 g/mol. The molecule has 0 fully saturated rings. The van der Waals surface area contributed by atoms with E-state index in [1.807, 2.05) is 6.07 Å². The zero-order valence-corrected chi connectivity index (χ0v) is 16.5. The van der Waals surface area contributed by atoms with Gasteiger partial charge in [-0.2, -0.15) is 0 Å². The maximum atomic E-state index is 13.0. The van der Waals surface area contributed by atoms with Crippen molar-refractivity contribution >= 4 is 40.1 Å². The first-order chi connectivity index (χ1) is 15.0. The number of hydrogen-bond acceptors (Lipinski definition) is 5. The predicted molar refractivity (Wildman–Crippen MR) is 116 cm³/mol. The van der Waals surface area contributed by atoms with E-state index in [-0.39, 0.29) is 22.8 Å². The zero-order chi connectivity index (χ0) is 21.8. The topological polar surface area (TPSA) is 97.6 Å². The normalized spacial score (nSPS) is 10.5. The molecule has 1 aromatic heterocycles. The molecule has 0 bridgehead atoms. The lowest BCUT2D eigenvalue weighted by atomic mass is 10.1. The average Bonchev–Trinajstić information content (AvgIpc) is 3.13. The number of carbonyl (C=O) groups excluding carboxylic acids is 3. The van der Waals surface area contributed by atoms with E-state index in [0.717, 1.165) is 0 Å². The van der Waals surface area contributed by atoms with E-state index in [1.165, 1.54) is 19.1 Å². The number of nitrogens with one attached hydrogen (secondary N) is 2. The van der Waals surface area contributed by atoms with Crippen LogP contribution in [-0.2, 0) is 4.79 Å². The van der Waals surface area contributed by atoms with Crippen LogP contribution < -0.4 is 15.4 Å². The summed E-state index contributed by atoms with van der Waals surface area (Å²) in [5.74, 6) is -1.51. The van der Waals surface area contributed by atoms with Crippen molar-refractivity contribution in [3.05, 3.63) is 90.2 Å². The number of anilines is 2. The Morgan fingerprint density at radius 3 is 2.23 bits per heavy atom. The van der Waals surface area contributed by atoms with Gasteiger partial charge < -0.3 is 19.8 Å². The minimum atomic E-state index is -0.545. The molecule has 0 aliphatic carbocycles. The van der Waals surface area contributed by atoms with Gasteiger partial charge in [-0.15, -0.1) is 0 Å². The molecule has 4 aromatic rings. The summed E-state index contributed by atoms with van der Waals surface area (Å²) >= 11 is 0. The molecule has 7 nitrogen and oxygen atoms in total. The molecule has 31 heavy (non-hydrogen) atoms. The smallest absolute Gasteiger partial charge is 0.308 e. The zero-order valence-electron chi connectivity index (χ0n) is 16.5. The van der Waals surface area contributed by atoms with Crippen LogP contribution >= 0.6 is 0 Å². The fourth-order valence-corrected chi connectivity index (χ4v) is 3.12. The van der Waals surface area contributed by atoms with Gasteiger partial charge >= 0.3 is 5.97 Å². The van der Waals surface area contributed by atoms with Gasteiger partial charge in [0.1, 0.15) is 17.0 Å². The van der Waals surface area contributed by atoms with Gasteiger partial charge in [0.05, 0.1) is 5.56 Å². The second kappa shape index (κ2) is 8.54. The van der Waals surface area contributed by atoms with E-state index in [4.69, 9.17) is 9.15 Å². The highest BCUT2D eigenvalue weighted by atomic mass is 16.5. The lowest BCUT2D eigenvalue weighted by molar-refractivity contribution is -0.131. The third-order valence-electron chi connectivity index (χ3n) is 4.46. The number of ether oxygens (including phenoxy) is 1. The first kappa shape index (κ1) is 19.9. The first-order valence-electron chi connectivity index (χ1n) is 9.49. The molecule has 0 radical (unpaired) electrons. The van der Waals surface area contributed by atoms with Crippen LogP contribution in [0.3, 0.4) is 0 Å². The highest BCUT2D eigenvalue weighted by Crippen LogP contribution is 2.32. The number of para-hydroxylation sites is 3. The number of fused-ring (bicyclic) bond motifs is 1. The van der Waals surface area contributed by atoms with E-state index < -0.39 is 17.8 Å². The predicted octanol–water partition coefficient (Wildman–Crippen LogP) is 4.86. The van der Waals surface area contributed by atoms with Gasteiger partial charge in [0.15, 0.2) is 0 Å². The number of benzene rings is 3. The van der Waals surface area contributed by atoms with E-state index in [0.29, 0.717) is 16.7 Å². The summed E-state index contributed by atoms with van der Waals surface area (Å²) in [5, 5.41) is 6.07. The van der Waals surface area contributed by atoms with Gasteiger partial charge in [-0.1, -0.05) is 42.5 Å². The summed E-state index contributed by atoms with van der Waals surface area (Å²) in [6.07, 6.45) is 0. The fraction of sp³-hybridized carbons (Fsp3) is 0.0417. The van der Waals surface area contributed by atoms with Crippen molar-refractivity contribution in [2.45, 2.75) is 6.92 Å². The van der Waals surface area contributed by atoms with Crippen LogP contribution in [0, 0.1) is 0 Å². The Morgan fingerprint density at radius 2 is 1.45 bits per heavy atom. The highest BCUT2D eigenvalue weighted by Gasteiger charge is 2.24. The Balaban J connectivity index is 1.70. The minimum absolute atomic E-state index is 0.0385.